The normalized spacial score (nSPS) is 11.6. The third-order valence-electron chi connectivity index (χ3n) is 6.92. The molecular weight excluding hydrogens is 614 g/mol. The van der Waals surface area contributed by atoms with Gasteiger partial charge >= 0.3 is 0 Å². The highest BCUT2D eigenvalue weighted by Gasteiger charge is 2.24. The summed E-state index contributed by atoms with van der Waals surface area (Å²) in [4.78, 5) is 55.5. The maximum Gasteiger partial charge on any atom is 0.272 e. The van der Waals surface area contributed by atoms with Gasteiger partial charge in [0.25, 0.3) is 17.5 Å². The fourth-order valence-corrected chi connectivity index (χ4v) is 5.50. The standard InChI is InChI=1S/C36H29N5O5S/c1-24-14-17-29(41(45)46)22-31(24)39-36(44)33(26-10-4-2-5-11-26)47-30-18-15-28(16-19-30)38-35(43)32(21-25-9-8-20-37-23-25)40-34(42)27-12-6-3-7-13-27/h2-23,33H,1H3,(H,38,43)(H,39,44)(H,40,42)/b32-21-. The fourth-order valence-electron chi connectivity index (χ4n) is 4.48. The first kappa shape index (κ1) is 32.3. The Morgan fingerprint density at radius 1 is 0.851 bits per heavy atom. The van der Waals surface area contributed by atoms with Crippen molar-refractivity contribution in [2.75, 3.05) is 10.6 Å². The summed E-state index contributed by atoms with van der Waals surface area (Å²) < 4.78 is 0. The Bertz CT molecular complexity index is 1920. The number of rotatable bonds is 11. The second-order valence-corrected chi connectivity index (χ2v) is 11.5. The van der Waals surface area contributed by atoms with E-state index in [1.807, 2.05) is 30.3 Å². The molecule has 1 atom stereocenters. The molecule has 47 heavy (non-hydrogen) atoms. The Labute approximate surface area is 275 Å². The van der Waals surface area contributed by atoms with Crippen LogP contribution in [0.25, 0.3) is 6.08 Å². The molecule has 0 saturated carbocycles. The molecule has 11 heteroatoms. The van der Waals surface area contributed by atoms with Crippen LogP contribution in [0.15, 0.2) is 138 Å². The number of anilines is 2. The summed E-state index contributed by atoms with van der Waals surface area (Å²) in [6, 6.07) is 32.5. The minimum Gasteiger partial charge on any atom is -0.324 e. The zero-order chi connectivity index (χ0) is 33.2. The molecule has 234 valence electrons. The van der Waals surface area contributed by atoms with E-state index in [9.17, 15) is 24.5 Å². The molecule has 0 fully saturated rings. The van der Waals surface area contributed by atoms with Crippen LogP contribution in [0.2, 0.25) is 0 Å². The van der Waals surface area contributed by atoms with E-state index in [-0.39, 0.29) is 17.3 Å². The molecule has 3 amide bonds. The molecule has 1 heterocycles. The fraction of sp³-hybridized carbons (Fsp3) is 0.0556. The van der Waals surface area contributed by atoms with Gasteiger partial charge in [-0.25, -0.2) is 0 Å². The predicted octanol–water partition coefficient (Wildman–Crippen LogP) is 7.18. The highest BCUT2D eigenvalue weighted by atomic mass is 32.2. The van der Waals surface area contributed by atoms with Gasteiger partial charge in [-0.3, -0.25) is 29.5 Å². The van der Waals surface area contributed by atoms with E-state index in [2.05, 4.69) is 20.9 Å². The molecule has 4 aromatic carbocycles. The number of hydrogen-bond donors (Lipinski definition) is 3. The Balaban J connectivity index is 1.33. The third-order valence-corrected chi connectivity index (χ3v) is 8.19. The van der Waals surface area contributed by atoms with Gasteiger partial charge in [-0.2, -0.15) is 0 Å². The lowest BCUT2D eigenvalue weighted by Crippen LogP contribution is -2.30. The van der Waals surface area contributed by atoms with Crippen LogP contribution in [-0.4, -0.2) is 27.6 Å². The van der Waals surface area contributed by atoms with Gasteiger partial charge in [0.2, 0.25) is 5.91 Å². The molecule has 0 aliphatic carbocycles. The van der Waals surface area contributed by atoms with Gasteiger partial charge in [-0.05, 0) is 72.2 Å². The number of aryl methyl sites for hydroxylation is 1. The van der Waals surface area contributed by atoms with Crippen LogP contribution in [0.5, 0.6) is 0 Å². The number of amides is 3. The van der Waals surface area contributed by atoms with Crippen molar-refractivity contribution < 1.29 is 19.3 Å². The van der Waals surface area contributed by atoms with Gasteiger partial charge < -0.3 is 16.0 Å². The van der Waals surface area contributed by atoms with Gasteiger partial charge in [-0.15, -0.1) is 11.8 Å². The lowest BCUT2D eigenvalue weighted by molar-refractivity contribution is -0.384. The van der Waals surface area contributed by atoms with Crippen molar-refractivity contribution in [3.8, 4) is 0 Å². The molecule has 5 rings (SSSR count). The number of hydrogen-bond acceptors (Lipinski definition) is 7. The number of pyridine rings is 1. The van der Waals surface area contributed by atoms with Crippen molar-refractivity contribution in [3.05, 3.63) is 166 Å². The number of nitrogens with one attached hydrogen (secondary N) is 3. The second-order valence-electron chi connectivity index (χ2n) is 10.3. The van der Waals surface area contributed by atoms with Crippen LogP contribution in [0.1, 0.15) is 32.3 Å². The second kappa shape index (κ2) is 15.3. The molecule has 0 aliphatic heterocycles. The Kier molecular flexibility index (Phi) is 10.5. The van der Waals surface area contributed by atoms with E-state index in [1.165, 1.54) is 23.9 Å². The van der Waals surface area contributed by atoms with Gasteiger partial charge in [0.15, 0.2) is 0 Å². The van der Waals surface area contributed by atoms with Crippen molar-refractivity contribution in [2.45, 2.75) is 17.1 Å². The molecule has 5 aromatic rings. The van der Waals surface area contributed by atoms with E-state index in [1.54, 1.807) is 98.2 Å². The maximum atomic E-state index is 13.6. The number of nitrogens with zero attached hydrogens (tertiary/aromatic N) is 2. The maximum absolute atomic E-state index is 13.6. The number of nitro groups is 1. The van der Waals surface area contributed by atoms with Crippen molar-refractivity contribution in [3.63, 3.8) is 0 Å². The highest BCUT2D eigenvalue weighted by molar-refractivity contribution is 8.00. The molecule has 0 saturated heterocycles. The largest absolute Gasteiger partial charge is 0.324 e. The summed E-state index contributed by atoms with van der Waals surface area (Å²) in [5.41, 5.74) is 3.21. The summed E-state index contributed by atoms with van der Waals surface area (Å²) in [6.45, 7) is 1.77. The first-order valence-electron chi connectivity index (χ1n) is 14.4. The molecule has 0 radical (unpaired) electrons. The van der Waals surface area contributed by atoms with Gasteiger partial charge in [-0.1, -0.05) is 60.7 Å². The Morgan fingerprint density at radius 3 is 2.21 bits per heavy atom. The van der Waals surface area contributed by atoms with E-state index in [4.69, 9.17) is 0 Å². The van der Waals surface area contributed by atoms with Crippen LogP contribution in [0.3, 0.4) is 0 Å². The third kappa shape index (κ3) is 8.77. The molecule has 0 bridgehead atoms. The average molecular weight is 644 g/mol. The zero-order valence-corrected chi connectivity index (χ0v) is 25.9. The Hall–Kier alpha value is -6.07. The summed E-state index contributed by atoms with van der Waals surface area (Å²) in [6.07, 6.45) is 4.73. The molecule has 0 aliphatic rings. The number of benzene rings is 4. The molecule has 0 spiro atoms. The summed E-state index contributed by atoms with van der Waals surface area (Å²) in [5.74, 6) is -1.32. The van der Waals surface area contributed by atoms with Crippen molar-refractivity contribution in [1.29, 1.82) is 0 Å². The van der Waals surface area contributed by atoms with Crippen molar-refractivity contribution in [1.82, 2.24) is 10.3 Å². The minimum atomic E-state index is -0.683. The average Bonchev–Trinajstić information content (AvgIpc) is 3.09. The lowest BCUT2D eigenvalue weighted by Gasteiger charge is -2.18. The van der Waals surface area contributed by atoms with E-state index >= 15 is 0 Å². The highest BCUT2D eigenvalue weighted by Crippen LogP contribution is 2.37. The number of aromatic nitrogens is 1. The molecule has 3 N–H and O–H groups in total. The van der Waals surface area contributed by atoms with Gasteiger partial charge in [0.05, 0.1) is 10.6 Å². The van der Waals surface area contributed by atoms with Crippen LogP contribution >= 0.6 is 11.8 Å². The van der Waals surface area contributed by atoms with Crippen LogP contribution in [0.4, 0.5) is 17.1 Å². The number of nitro benzene ring substituents is 1. The van der Waals surface area contributed by atoms with Crippen LogP contribution in [0, 0.1) is 17.0 Å². The topological polar surface area (TPSA) is 143 Å². The molecule has 1 aromatic heterocycles. The quantitative estimate of drug-likeness (QED) is 0.0599. The molecular formula is C36H29N5O5S. The van der Waals surface area contributed by atoms with Gasteiger partial charge in [0, 0.05) is 40.7 Å². The van der Waals surface area contributed by atoms with Crippen molar-refractivity contribution in [2.24, 2.45) is 0 Å². The molecule has 1 unspecified atom stereocenters. The first-order valence-corrected chi connectivity index (χ1v) is 15.3. The number of thioether (sulfide) groups is 1. The summed E-state index contributed by atoms with van der Waals surface area (Å²) >= 11 is 1.29. The van der Waals surface area contributed by atoms with Crippen molar-refractivity contribution >= 4 is 52.6 Å². The minimum absolute atomic E-state index is 0.0301. The monoisotopic (exact) mass is 643 g/mol. The summed E-state index contributed by atoms with van der Waals surface area (Å²) in [5, 5.41) is 19.0. The SMILES string of the molecule is Cc1ccc([N+](=O)[O-])cc1NC(=O)C(Sc1ccc(NC(=O)/C(=C/c2cccnc2)NC(=O)c2ccccc2)cc1)c1ccccc1. The first-order chi connectivity index (χ1) is 22.8. The number of carbonyl (C=O) groups excluding carboxylic acids is 3. The zero-order valence-electron chi connectivity index (χ0n) is 25.1. The van der Waals surface area contributed by atoms with E-state index < -0.39 is 22.0 Å². The number of carbonyl (C=O) groups is 3. The van der Waals surface area contributed by atoms with Gasteiger partial charge in [0.1, 0.15) is 10.9 Å². The van der Waals surface area contributed by atoms with Crippen LogP contribution < -0.4 is 16.0 Å². The van der Waals surface area contributed by atoms with E-state index in [0.717, 1.165) is 10.5 Å². The summed E-state index contributed by atoms with van der Waals surface area (Å²) in [7, 11) is 0. The lowest BCUT2D eigenvalue weighted by atomic mass is 10.1. The van der Waals surface area contributed by atoms with Crippen LogP contribution in [-0.2, 0) is 9.59 Å². The van der Waals surface area contributed by atoms with E-state index in [0.29, 0.717) is 28.1 Å². The predicted molar refractivity (Wildman–Crippen MR) is 183 cm³/mol. The molecule has 10 nitrogen and oxygen atoms in total. The smallest absolute Gasteiger partial charge is 0.272 e. The number of non-ortho nitro benzene ring substituents is 1. The Morgan fingerprint density at radius 2 is 1.55 bits per heavy atom.